The molecule has 0 aliphatic carbocycles. The minimum atomic E-state index is 0.975. The zero-order valence-electron chi connectivity index (χ0n) is 14.7. The smallest absolute Gasteiger partial charge is 0.0458 e. The maximum absolute atomic E-state index is 3.98. The van der Waals surface area contributed by atoms with Crippen LogP contribution < -0.4 is 5.32 Å². The molecule has 1 N–H and O–H groups in total. The Labute approximate surface area is 136 Å². The fourth-order valence-electron chi connectivity index (χ4n) is 2.44. The molecule has 0 spiro atoms. The Hall–Kier alpha value is -1.76. The van der Waals surface area contributed by atoms with Crippen molar-refractivity contribution in [2.24, 2.45) is 0 Å². The Morgan fingerprint density at radius 1 is 1.18 bits per heavy atom. The normalized spacial score (nSPS) is 11.9. The van der Waals surface area contributed by atoms with E-state index in [2.05, 4.69) is 69.1 Å². The summed E-state index contributed by atoms with van der Waals surface area (Å²) in [4.78, 5) is 0. The fourth-order valence-corrected chi connectivity index (χ4v) is 2.44. The monoisotopic (exact) mass is 297 g/mol. The molecule has 0 amide bonds. The SMILES string of the molecule is C=C(C)Nc1ccc(CC)cc1/C(=C/C=C\CCC)CCC. The first-order valence-corrected chi connectivity index (χ1v) is 8.53. The van der Waals surface area contributed by atoms with E-state index < -0.39 is 0 Å². The van der Waals surface area contributed by atoms with E-state index in [0.29, 0.717) is 0 Å². The van der Waals surface area contributed by atoms with Crippen LogP contribution in [-0.4, -0.2) is 0 Å². The Balaban J connectivity index is 3.21. The van der Waals surface area contributed by atoms with Crippen LogP contribution in [0.3, 0.4) is 0 Å². The number of benzene rings is 1. The first kappa shape index (κ1) is 18.3. The van der Waals surface area contributed by atoms with E-state index in [1.165, 1.54) is 23.1 Å². The number of rotatable bonds is 9. The molecule has 0 heterocycles. The second kappa shape index (κ2) is 10.0. The van der Waals surface area contributed by atoms with E-state index in [0.717, 1.165) is 37.1 Å². The number of unbranched alkanes of at least 4 members (excludes halogenated alkanes) is 1. The highest BCUT2D eigenvalue weighted by atomic mass is 14.9. The van der Waals surface area contributed by atoms with Crippen LogP contribution in [-0.2, 0) is 6.42 Å². The first-order chi connectivity index (χ1) is 10.6. The highest BCUT2D eigenvalue weighted by Gasteiger charge is 2.08. The summed E-state index contributed by atoms with van der Waals surface area (Å²) >= 11 is 0. The third-order valence-corrected chi connectivity index (χ3v) is 3.59. The summed E-state index contributed by atoms with van der Waals surface area (Å²) in [6.07, 6.45) is 12.4. The predicted molar refractivity (Wildman–Crippen MR) is 101 cm³/mol. The van der Waals surface area contributed by atoms with Gasteiger partial charge in [-0.3, -0.25) is 0 Å². The van der Waals surface area contributed by atoms with Gasteiger partial charge in [0.1, 0.15) is 0 Å². The number of aryl methyl sites for hydroxylation is 1. The average molecular weight is 297 g/mol. The summed E-state index contributed by atoms with van der Waals surface area (Å²) in [6, 6.07) is 6.70. The summed E-state index contributed by atoms with van der Waals surface area (Å²) in [5.74, 6) is 0. The van der Waals surface area contributed by atoms with E-state index in [9.17, 15) is 0 Å². The molecule has 0 aliphatic rings. The summed E-state index contributed by atoms with van der Waals surface area (Å²) in [5.41, 5.74) is 6.22. The lowest BCUT2D eigenvalue weighted by Crippen LogP contribution is -2.00. The van der Waals surface area contributed by atoms with Gasteiger partial charge in [-0.25, -0.2) is 0 Å². The van der Waals surface area contributed by atoms with Crippen molar-refractivity contribution < 1.29 is 0 Å². The molecule has 1 aromatic rings. The number of nitrogens with one attached hydrogen (secondary N) is 1. The molecule has 0 aromatic heterocycles. The molecule has 1 rings (SSSR count). The molecular weight excluding hydrogens is 266 g/mol. The highest BCUT2D eigenvalue weighted by molar-refractivity contribution is 5.78. The summed E-state index contributed by atoms with van der Waals surface area (Å²) in [6.45, 7) is 12.6. The molecule has 0 bridgehead atoms. The van der Waals surface area contributed by atoms with Crippen molar-refractivity contribution in [3.05, 3.63) is 59.8 Å². The molecule has 0 atom stereocenters. The van der Waals surface area contributed by atoms with Gasteiger partial charge in [-0.05, 0) is 49.5 Å². The molecule has 1 nitrogen and oxygen atoms in total. The molecule has 1 heteroatoms. The van der Waals surface area contributed by atoms with Gasteiger partial charge < -0.3 is 5.32 Å². The summed E-state index contributed by atoms with van der Waals surface area (Å²) in [7, 11) is 0. The van der Waals surface area contributed by atoms with Crippen LogP contribution in [0.15, 0.2) is 48.7 Å². The van der Waals surface area contributed by atoms with Crippen molar-refractivity contribution in [3.63, 3.8) is 0 Å². The molecule has 0 unspecified atom stereocenters. The van der Waals surface area contributed by atoms with Crippen molar-refractivity contribution in [3.8, 4) is 0 Å². The minimum absolute atomic E-state index is 0.975. The van der Waals surface area contributed by atoms with E-state index >= 15 is 0 Å². The second-order valence-electron chi connectivity index (χ2n) is 5.80. The largest absolute Gasteiger partial charge is 0.359 e. The quantitative estimate of drug-likeness (QED) is 0.498. The van der Waals surface area contributed by atoms with Crippen molar-refractivity contribution >= 4 is 11.3 Å². The lowest BCUT2D eigenvalue weighted by atomic mass is 9.96. The Bertz CT molecular complexity index is 535. The molecule has 0 radical (unpaired) electrons. The van der Waals surface area contributed by atoms with Crippen molar-refractivity contribution in [2.45, 2.75) is 59.8 Å². The maximum Gasteiger partial charge on any atom is 0.0458 e. The Morgan fingerprint density at radius 2 is 1.95 bits per heavy atom. The van der Waals surface area contributed by atoms with E-state index in [1.807, 2.05) is 6.92 Å². The number of hydrogen-bond donors (Lipinski definition) is 1. The molecule has 0 aliphatic heterocycles. The topological polar surface area (TPSA) is 12.0 Å². The van der Waals surface area contributed by atoms with Crippen molar-refractivity contribution in [1.29, 1.82) is 0 Å². The van der Waals surface area contributed by atoms with Gasteiger partial charge in [-0.1, -0.05) is 64.5 Å². The average Bonchev–Trinajstić information content (AvgIpc) is 2.50. The first-order valence-electron chi connectivity index (χ1n) is 8.53. The highest BCUT2D eigenvalue weighted by Crippen LogP contribution is 2.29. The minimum Gasteiger partial charge on any atom is -0.359 e. The van der Waals surface area contributed by atoms with Crippen molar-refractivity contribution in [2.75, 3.05) is 5.32 Å². The molecule has 0 fully saturated rings. The molecule has 22 heavy (non-hydrogen) atoms. The van der Waals surface area contributed by atoms with E-state index in [4.69, 9.17) is 0 Å². The van der Waals surface area contributed by atoms with Crippen LogP contribution in [0.25, 0.3) is 5.57 Å². The standard InChI is InChI=1S/C21H31N/c1-6-9-10-11-13-19(12-7-2)20-16-18(8-3)14-15-21(20)22-17(4)5/h10-11,13-16,22H,4,6-9,12H2,1-3,5H3/b11-10-,19-13+. The van der Waals surface area contributed by atoms with Gasteiger partial charge in [0.2, 0.25) is 0 Å². The Morgan fingerprint density at radius 3 is 2.55 bits per heavy atom. The predicted octanol–water partition coefficient (Wildman–Crippen LogP) is 6.73. The number of anilines is 1. The molecule has 120 valence electrons. The van der Waals surface area contributed by atoms with Gasteiger partial charge in [-0.15, -0.1) is 0 Å². The molecule has 0 saturated heterocycles. The fraction of sp³-hybridized carbons (Fsp3) is 0.429. The molecule has 0 saturated carbocycles. The van der Waals surface area contributed by atoms with Crippen LogP contribution in [0.1, 0.15) is 64.5 Å². The van der Waals surface area contributed by atoms with Gasteiger partial charge in [-0.2, -0.15) is 0 Å². The van der Waals surface area contributed by atoms with Gasteiger partial charge in [0.25, 0.3) is 0 Å². The summed E-state index contributed by atoms with van der Waals surface area (Å²) in [5, 5.41) is 3.41. The lowest BCUT2D eigenvalue weighted by molar-refractivity contribution is 0.957. The van der Waals surface area contributed by atoms with Gasteiger partial charge in [0, 0.05) is 16.9 Å². The third-order valence-electron chi connectivity index (χ3n) is 3.59. The summed E-state index contributed by atoms with van der Waals surface area (Å²) < 4.78 is 0. The zero-order valence-corrected chi connectivity index (χ0v) is 14.7. The second-order valence-corrected chi connectivity index (χ2v) is 5.80. The zero-order chi connectivity index (χ0) is 16.4. The van der Waals surface area contributed by atoms with Crippen LogP contribution in [0, 0.1) is 0 Å². The van der Waals surface area contributed by atoms with Crippen LogP contribution in [0.2, 0.25) is 0 Å². The van der Waals surface area contributed by atoms with Crippen molar-refractivity contribution in [1.82, 2.24) is 0 Å². The Kier molecular flexibility index (Phi) is 8.35. The van der Waals surface area contributed by atoms with E-state index in [-0.39, 0.29) is 0 Å². The molecular formula is C21H31N. The maximum atomic E-state index is 3.98. The van der Waals surface area contributed by atoms with Crippen LogP contribution in [0.5, 0.6) is 0 Å². The third kappa shape index (κ3) is 5.93. The van der Waals surface area contributed by atoms with E-state index in [1.54, 1.807) is 0 Å². The van der Waals surface area contributed by atoms with Gasteiger partial charge >= 0.3 is 0 Å². The van der Waals surface area contributed by atoms with Gasteiger partial charge in [0.15, 0.2) is 0 Å². The van der Waals surface area contributed by atoms with Crippen LogP contribution in [0.4, 0.5) is 5.69 Å². The number of allylic oxidation sites excluding steroid dienone is 5. The lowest BCUT2D eigenvalue weighted by Gasteiger charge is -2.16. The van der Waals surface area contributed by atoms with Crippen LogP contribution >= 0.6 is 0 Å². The molecule has 1 aromatic carbocycles. The number of hydrogen-bond acceptors (Lipinski definition) is 1. The van der Waals surface area contributed by atoms with Gasteiger partial charge in [0.05, 0.1) is 0 Å².